The number of aliphatic carboxylic acids is 1. The summed E-state index contributed by atoms with van der Waals surface area (Å²) < 4.78 is 0. The Hall–Kier alpha value is -0.810. The number of likely N-dealkylation sites (tertiary alicyclic amines) is 1. The molecule has 0 amide bonds. The summed E-state index contributed by atoms with van der Waals surface area (Å²) in [5.41, 5.74) is 1.05. The first-order chi connectivity index (χ1) is 10.5. The van der Waals surface area contributed by atoms with Crippen molar-refractivity contribution in [2.45, 2.75) is 31.8 Å². The van der Waals surface area contributed by atoms with Gasteiger partial charge in [-0.2, -0.15) is 0 Å². The molecule has 0 aliphatic carbocycles. The van der Waals surface area contributed by atoms with E-state index >= 15 is 0 Å². The first kappa shape index (κ1) is 17.5. The van der Waals surface area contributed by atoms with E-state index in [2.05, 4.69) is 4.90 Å². The van der Waals surface area contributed by atoms with Crippen molar-refractivity contribution in [2.24, 2.45) is 0 Å². The summed E-state index contributed by atoms with van der Waals surface area (Å²) in [7, 11) is 1.89. The Morgan fingerprint density at radius 3 is 2.86 bits per heavy atom. The van der Waals surface area contributed by atoms with Crippen molar-refractivity contribution in [1.29, 1.82) is 0 Å². The fraction of sp³-hybridized carbons (Fsp3) is 0.562. The fourth-order valence-electron chi connectivity index (χ4n) is 2.98. The molecule has 22 heavy (non-hydrogen) atoms. The van der Waals surface area contributed by atoms with Crippen LogP contribution >= 0.6 is 23.2 Å². The summed E-state index contributed by atoms with van der Waals surface area (Å²) in [6, 6.07) is 5.88. The molecule has 122 valence electrons. The molecule has 1 aliphatic heterocycles. The fourth-order valence-corrected chi connectivity index (χ4v) is 3.36. The molecule has 0 bridgehead atoms. The minimum atomic E-state index is -0.769. The number of hydrogen-bond donors (Lipinski definition) is 1. The lowest BCUT2D eigenvalue weighted by molar-refractivity contribution is -0.138. The lowest BCUT2D eigenvalue weighted by Crippen LogP contribution is -2.36. The summed E-state index contributed by atoms with van der Waals surface area (Å²) in [5, 5.41) is 10.4. The molecule has 0 saturated carbocycles. The second-order valence-electron chi connectivity index (χ2n) is 5.91. The number of carboxylic acids is 1. The number of nitrogens with zero attached hydrogens (tertiary/aromatic N) is 2. The van der Waals surface area contributed by atoms with Crippen LogP contribution in [0, 0.1) is 0 Å². The van der Waals surface area contributed by atoms with Gasteiger partial charge in [0.15, 0.2) is 0 Å². The molecular weight excluding hydrogens is 323 g/mol. The predicted octanol–water partition coefficient (Wildman–Crippen LogP) is 3.36. The first-order valence-corrected chi connectivity index (χ1v) is 8.29. The van der Waals surface area contributed by atoms with Crippen molar-refractivity contribution < 1.29 is 9.90 Å². The van der Waals surface area contributed by atoms with E-state index in [9.17, 15) is 4.79 Å². The molecule has 1 unspecified atom stereocenters. The van der Waals surface area contributed by atoms with E-state index in [0.29, 0.717) is 11.1 Å². The number of rotatable bonds is 5. The van der Waals surface area contributed by atoms with Crippen molar-refractivity contribution in [3.05, 3.63) is 33.8 Å². The molecule has 1 fully saturated rings. The van der Waals surface area contributed by atoms with Gasteiger partial charge in [0.1, 0.15) is 0 Å². The molecule has 1 heterocycles. The number of hydrogen-bond acceptors (Lipinski definition) is 3. The van der Waals surface area contributed by atoms with Gasteiger partial charge in [-0.25, -0.2) is 0 Å². The Morgan fingerprint density at radius 1 is 1.36 bits per heavy atom. The highest BCUT2D eigenvalue weighted by Gasteiger charge is 2.22. The average Bonchev–Trinajstić information content (AvgIpc) is 2.68. The topological polar surface area (TPSA) is 43.8 Å². The number of likely N-dealkylation sites (N-methyl/N-ethyl adjacent to an activating group) is 1. The average molecular weight is 345 g/mol. The zero-order valence-corrected chi connectivity index (χ0v) is 14.3. The van der Waals surface area contributed by atoms with Gasteiger partial charge in [0.2, 0.25) is 0 Å². The van der Waals surface area contributed by atoms with Crippen molar-refractivity contribution in [3.63, 3.8) is 0 Å². The van der Waals surface area contributed by atoms with Gasteiger partial charge in [-0.15, -0.1) is 0 Å². The molecule has 0 radical (unpaired) electrons. The Bertz CT molecular complexity index is 525. The van der Waals surface area contributed by atoms with Crippen LogP contribution in [0.4, 0.5) is 0 Å². The largest absolute Gasteiger partial charge is 0.480 e. The maximum atomic E-state index is 10.8. The van der Waals surface area contributed by atoms with Crippen LogP contribution in [-0.4, -0.2) is 53.6 Å². The van der Waals surface area contributed by atoms with Crippen LogP contribution in [0.15, 0.2) is 18.2 Å². The zero-order chi connectivity index (χ0) is 16.1. The quantitative estimate of drug-likeness (QED) is 0.889. The van der Waals surface area contributed by atoms with Gasteiger partial charge in [0.05, 0.1) is 6.54 Å². The summed E-state index contributed by atoms with van der Waals surface area (Å²) >= 11 is 12.3. The highest BCUT2D eigenvalue weighted by molar-refractivity contribution is 6.33. The summed E-state index contributed by atoms with van der Waals surface area (Å²) in [6.07, 6.45) is 3.07. The molecule has 2 rings (SSSR count). The van der Waals surface area contributed by atoms with Gasteiger partial charge in [-0.1, -0.05) is 23.2 Å². The smallest absolute Gasteiger partial charge is 0.317 e. The van der Waals surface area contributed by atoms with Crippen molar-refractivity contribution in [3.8, 4) is 0 Å². The molecule has 4 nitrogen and oxygen atoms in total. The van der Waals surface area contributed by atoms with Gasteiger partial charge in [0.25, 0.3) is 0 Å². The SMILES string of the molecule is CN(CC(=O)O)C1CCCN(Cc2cc(Cl)ccc2Cl)CC1. The molecule has 1 aromatic rings. The first-order valence-electron chi connectivity index (χ1n) is 7.54. The van der Waals surface area contributed by atoms with Crippen LogP contribution in [0.5, 0.6) is 0 Å². The molecule has 0 spiro atoms. The van der Waals surface area contributed by atoms with Crippen molar-refractivity contribution in [2.75, 3.05) is 26.7 Å². The standard InChI is InChI=1S/C16H22Cl2N2O2/c1-19(11-16(21)22)14-3-2-7-20(8-6-14)10-12-9-13(17)4-5-15(12)18/h4-5,9,14H,2-3,6-8,10-11H2,1H3,(H,21,22). The maximum absolute atomic E-state index is 10.8. The molecule has 1 N–H and O–H groups in total. The van der Waals surface area contributed by atoms with E-state index in [0.717, 1.165) is 49.5 Å². The number of benzene rings is 1. The predicted molar refractivity (Wildman–Crippen MR) is 89.6 cm³/mol. The minimum Gasteiger partial charge on any atom is -0.480 e. The van der Waals surface area contributed by atoms with Crippen LogP contribution < -0.4 is 0 Å². The Morgan fingerprint density at radius 2 is 2.14 bits per heavy atom. The number of halogens is 2. The zero-order valence-electron chi connectivity index (χ0n) is 12.8. The maximum Gasteiger partial charge on any atom is 0.317 e. The van der Waals surface area contributed by atoms with Crippen LogP contribution in [0.3, 0.4) is 0 Å². The van der Waals surface area contributed by atoms with Gasteiger partial charge in [0, 0.05) is 22.6 Å². The van der Waals surface area contributed by atoms with Crippen LogP contribution in [0.1, 0.15) is 24.8 Å². The Kier molecular flexibility index (Phi) is 6.50. The third-order valence-electron chi connectivity index (χ3n) is 4.20. The normalized spacial score (nSPS) is 20.1. The molecule has 1 atom stereocenters. The summed E-state index contributed by atoms with van der Waals surface area (Å²) in [6.45, 7) is 2.83. The van der Waals surface area contributed by atoms with E-state index in [-0.39, 0.29) is 6.54 Å². The second kappa shape index (κ2) is 8.16. The van der Waals surface area contributed by atoms with Gasteiger partial charge in [-0.3, -0.25) is 14.6 Å². The monoisotopic (exact) mass is 344 g/mol. The van der Waals surface area contributed by atoms with Crippen LogP contribution in [-0.2, 0) is 11.3 Å². The molecular formula is C16H22Cl2N2O2. The highest BCUT2D eigenvalue weighted by atomic mass is 35.5. The lowest BCUT2D eigenvalue weighted by atomic mass is 10.1. The number of carboxylic acid groups (broad SMARTS) is 1. The number of carbonyl (C=O) groups is 1. The van der Waals surface area contributed by atoms with E-state index in [1.807, 2.05) is 24.1 Å². The third-order valence-corrected chi connectivity index (χ3v) is 4.80. The molecule has 0 aromatic heterocycles. The molecule has 6 heteroatoms. The van der Waals surface area contributed by atoms with Crippen LogP contribution in [0.25, 0.3) is 0 Å². The van der Waals surface area contributed by atoms with Crippen molar-refractivity contribution in [1.82, 2.24) is 9.80 Å². The van der Waals surface area contributed by atoms with E-state index < -0.39 is 5.97 Å². The van der Waals surface area contributed by atoms with E-state index in [4.69, 9.17) is 28.3 Å². The van der Waals surface area contributed by atoms with Gasteiger partial charge in [-0.05, 0) is 63.2 Å². The third kappa shape index (κ3) is 5.13. The summed E-state index contributed by atoms with van der Waals surface area (Å²) in [5.74, 6) is -0.769. The van der Waals surface area contributed by atoms with Gasteiger partial charge < -0.3 is 5.11 Å². The van der Waals surface area contributed by atoms with E-state index in [1.54, 1.807) is 6.07 Å². The van der Waals surface area contributed by atoms with Crippen molar-refractivity contribution >= 4 is 29.2 Å². The van der Waals surface area contributed by atoms with Gasteiger partial charge >= 0.3 is 5.97 Å². The molecule has 1 aliphatic rings. The lowest BCUT2D eigenvalue weighted by Gasteiger charge is -2.25. The minimum absolute atomic E-state index is 0.102. The molecule has 1 saturated heterocycles. The summed E-state index contributed by atoms with van der Waals surface area (Å²) in [4.78, 5) is 15.1. The Balaban J connectivity index is 1.93. The molecule has 1 aromatic carbocycles. The van der Waals surface area contributed by atoms with E-state index in [1.165, 1.54) is 0 Å². The Labute approximate surface area is 141 Å². The highest BCUT2D eigenvalue weighted by Crippen LogP contribution is 2.24. The van der Waals surface area contributed by atoms with Crippen LogP contribution in [0.2, 0.25) is 10.0 Å². The second-order valence-corrected chi connectivity index (χ2v) is 6.75.